The first kappa shape index (κ1) is 9.23. The van der Waals surface area contributed by atoms with E-state index in [4.69, 9.17) is 27.9 Å². The Hall–Kier alpha value is -1.33. The van der Waals surface area contributed by atoms with E-state index in [2.05, 4.69) is 20.6 Å². The predicted molar refractivity (Wildman–Crippen MR) is 49.7 cm³/mol. The van der Waals surface area contributed by atoms with Gasteiger partial charge in [-0.1, -0.05) is 29.3 Å². The second-order valence-corrected chi connectivity index (χ2v) is 3.13. The van der Waals surface area contributed by atoms with Gasteiger partial charge in [-0.3, -0.25) is 10.3 Å². The summed E-state index contributed by atoms with van der Waals surface area (Å²) in [4.78, 5) is 0. The smallest absolute Gasteiger partial charge is 0.194 e. The average molecular weight is 230 g/mol. The summed E-state index contributed by atoms with van der Waals surface area (Å²) in [6.07, 6.45) is 0. The molecule has 1 aromatic heterocycles. The zero-order valence-electron chi connectivity index (χ0n) is 6.69. The number of aromatic nitrogens is 4. The highest BCUT2D eigenvalue weighted by Crippen LogP contribution is 2.34. The van der Waals surface area contributed by atoms with Gasteiger partial charge in [-0.15, -0.1) is 0 Å². The van der Waals surface area contributed by atoms with Crippen molar-refractivity contribution in [2.24, 2.45) is 0 Å². The van der Waals surface area contributed by atoms with Crippen molar-refractivity contribution < 1.29 is 4.74 Å². The summed E-state index contributed by atoms with van der Waals surface area (Å²) in [6.45, 7) is 0. The highest BCUT2D eigenvalue weighted by Gasteiger charge is 2.06. The van der Waals surface area contributed by atoms with E-state index < -0.39 is 0 Å². The summed E-state index contributed by atoms with van der Waals surface area (Å²) in [5.41, 5.74) is 0. The third-order valence-electron chi connectivity index (χ3n) is 1.41. The summed E-state index contributed by atoms with van der Waals surface area (Å²) in [5.74, 6) is 0.297. The van der Waals surface area contributed by atoms with E-state index in [1.54, 1.807) is 18.2 Å². The van der Waals surface area contributed by atoms with E-state index in [1.807, 2.05) is 0 Å². The summed E-state index contributed by atoms with van der Waals surface area (Å²) in [7, 11) is 0. The molecule has 0 aliphatic carbocycles. The quantitative estimate of drug-likeness (QED) is 0.788. The molecule has 0 amide bonds. The van der Waals surface area contributed by atoms with Crippen molar-refractivity contribution in [2.45, 2.75) is 0 Å². The first-order chi connectivity index (χ1) is 6.77. The lowest BCUT2D eigenvalue weighted by atomic mass is 10.3. The lowest BCUT2D eigenvalue weighted by Crippen LogP contribution is -1.89. The van der Waals surface area contributed by atoms with Crippen LogP contribution in [0.4, 0.5) is 0 Å². The molecular weight excluding hydrogens is 227 g/mol. The van der Waals surface area contributed by atoms with E-state index in [0.717, 1.165) is 0 Å². The third kappa shape index (κ3) is 1.78. The van der Waals surface area contributed by atoms with Crippen LogP contribution in [-0.4, -0.2) is 15.5 Å². The van der Waals surface area contributed by atoms with Gasteiger partial charge in [-0.25, -0.2) is 5.10 Å². The average Bonchev–Trinajstić information content (AvgIpc) is 2.64. The molecule has 0 saturated carbocycles. The topological polar surface area (TPSA) is 62.0 Å². The standard InChI is InChI=1S/C7H3Cl2N4O/c8-4-2-1-3-5(9)6(4)14-7-10-12-13-11-7/h1-3H/q-1. The van der Waals surface area contributed by atoms with Crippen molar-refractivity contribution in [1.29, 1.82) is 0 Å². The fourth-order valence-electron chi connectivity index (χ4n) is 0.849. The van der Waals surface area contributed by atoms with E-state index in [9.17, 15) is 0 Å². The number of halogens is 2. The fourth-order valence-corrected chi connectivity index (χ4v) is 1.32. The Labute approximate surface area is 89.0 Å². The van der Waals surface area contributed by atoms with E-state index in [1.165, 1.54) is 0 Å². The second kappa shape index (κ2) is 3.81. The van der Waals surface area contributed by atoms with Crippen molar-refractivity contribution in [3.05, 3.63) is 28.2 Å². The van der Waals surface area contributed by atoms with Gasteiger partial charge >= 0.3 is 0 Å². The minimum absolute atomic E-state index is 0.0139. The number of rotatable bonds is 2. The molecule has 0 atom stereocenters. The van der Waals surface area contributed by atoms with Gasteiger partial charge in [0.2, 0.25) is 0 Å². The molecule has 0 radical (unpaired) electrons. The summed E-state index contributed by atoms with van der Waals surface area (Å²) in [6, 6.07) is 5.01. The Morgan fingerprint density at radius 3 is 2.50 bits per heavy atom. The zero-order chi connectivity index (χ0) is 9.97. The van der Waals surface area contributed by atoms with E-state index in [0.29, 0.717) is 15.8 Å². The molecule has 2 rings (SSSR count). The molecule has 0 aliphatic heterocycles. The molecular formula is C7H3Cl2N4O-. The van der Waals surface area contributed by atoms with Crippen LogP contribution in [0, 0.1) is 0 Å². The van der Waals surface area contributed by atoms with Crippen LogP contribution < -0.4 is 9.84 Å². The maximum Gasteiger partial charge on any atom is 0.194 e. The Kier molecular flexibility index (Phi) is 2.51. The minimum Gasteiger partial charge on any atom is -0.446 e. The highest BCUT2D eigenvalue weighted by molar-refractivity contribution is 6.37. The molecule has 0 fully saturated rings. The molecule has 7 heteroatoms. The Bertz CT molecular complexity index is 411. The number of para-hydroxylation sites is 1. The third-order valence-corrected chi connectivity index (χ3v) is 2.01. The van der Waals surface area contributed by atoms with Crippen LogP contribution in [-0.2, 0) is 0 Å². The molecule has 2 aromatic rings. The number of benzene rings is 1. The van der Waals surface area contributed by atoms with Crippen molar-refractivity contribution in [3.63, 3.8) is 0 Å². The first-order valence-electron chi connectivity index (χ1n) is 3.58. The largest absolute Gasteiger partial charge is 0.446 e. The van der Waals surface area contributed by atoms with Gasteiger partial charge in [0, 0.05) is 0 Å². The Morgan fingerprint density at radius 2 is 1.93 bits per heavy atom. The molecule has 1 heterocycles. The monoisotopic (exact) mass is 229 g/mol. The van der Waals surface area contributed by atoms with Crippen LogP contribution in [0.25, 0.3) is 0 Å². The molecule has 0 N–H and O–H groups in total. The van der Waals surface area contributed by atoms with Crippen molar-refractivity contribution in [2.75, 3.05) is 0 Å². The Balaban J connectivity index is 2.33. The Morgan fingerprint density at radius 1 is 1.21 bits per heavy atom. The zero-order valence-corrected chi connectivity index (χ0v) is 8.20. The lowest BCUT2D eigenvalue weighted by Gasteiger charge is -2.07. The summed E-state index contributed by atoms with van der Waals surface area (Å²) < 4.78 is 5.17. The van der Waals surface area contributed by atoms with Gasteiger partial charge in [0.1, 0.15) is 0 Å². The van der Waals surface area contributed by atoms with Crippen molar-refractivity contribution >= 4 is 23.2 Å². The van der Waals surface area contributed by atoms with Gasteiger partial charge in [0.25, 0.3) is 0 Å². The van der Waals surface area contributed by atoms with Crippen molar-refractivity contribution in [3.8, 4) is 11.8 Å². The number of hydrogen-bond donors (Lipinski definition) is 0. The molecule has 14 heavy (non-hydrogen) atoms. The second-order valence-electron chi connectivity index (χ2n) is 2.31. The molecule has 0 saturated heterocycles. The molecule has 0 aliphatic rings. The number of nitrogens with zero attached hydrogens (tertiary/aromatic N) is 4. The molecule has 5 nitrogen and oxygen atoms in total. The lowest BCUT2D eigenvalue weighted by molar-refractivity contribution is 0.440. The van der Waals surface area contributed by atoms with Crippen LogP contribution >= 0.6 is 23.2 Å². The predicted octanol–water partition coefficient (Wildman–Crippen LogP) is 1.93. The minimum atomic E-state index is 0.0139. The maximum atomic E-state index is 5.84. The summed E-state index contributed by atoms with van der Waals surface area (Å²) in [5, 5.41) is 14.2. The maximum absolute atomic E-state index is 5.84. The SMILES string of the molecule is Clc1cccc(Cl)c1Oc1nnn[n-]1. The van der Waals surface area contributed by atoms with Gasteiger partial charge in [0.15, 0.2) is 11.8 Å². The number of ether oxygens (including phenoxy) is 1. The van der Waals surface area contributed by atoms with Gasteiger partial charge < -0.3 is 4.74 Å². The molecule has 72 valence electrons. The fraction of sp³-hybridized carbons (Fsp3) is 0. The van der Waals surface area contributed by atoms with Crippen LogP contribution in [0.15, 0.2) is 18.2 Å². The van der Waals surface area contributed by atoms with Crippen LogP contribution in [0.2, 0.25) is 10.0 Å². The van der Waals surface area contributed by atoms with Crippen LogP contribution in [0.1, 0.15) is 0 Å². The van der Waals surface area contributed by atoms with E-state index in [-0.39, 0.29) is 6.01 Å². The molecule has 0 bridgehead atoms. The van der Waals surface area contributed by atoms with Gasteiger partial charge in [0.05, 0.1) is 10.0 Å². The highest BCUT2D eigenvalue weighted by atomic mass is 35.5. The first-order valence-corrected chi connectivity index (χ1v) is 4.33. The molecule has 1 aromatic carbocycles. The number of tetrazole rings is 1. The molecule has 0 unspecified atom stereocenters. The van der Waals surface area contributed by atoms with Gasteiger partial charge in [-0.05, 0) is 12.1 Å². The van der Waals surface area contributed by atoms with Crippen LogP contribution in [0.5, 0.6) is 11.8 Å². The van der Waals surface area contributed by atoms with E-state index >= 15 is 0 Å². The normalized spacial score (nSPS) is 10.1. The number of hydrogen-bond acceptors (Lipinski definition) is 4. The van der Waals surface area contributed by atoms with Crippen LogP contribution in [0.3, 0.4) is 0 Å². The van der Waals surface area contributed by atoms with Crippen molar-refractivity contribution in [1.82, 2.24) is 20.6 Å². The summed E-state index contributed by atoms with van der Waals surface area (Å²) >= 11 is 11.7. The molecule has 0 spiro atoms. The van der Waals surface area contributed by atoms with Gasteiger partial charge in [-0.2, -0.15) is 5.21 Å².